The molecule has 1 rings (SSSR count). The van der Waals surface area contributed by atoms with Crippen LogP contribution in [0.2, 0.25) is 15.1 Å². The molecule has 4 nitrogen and oxygen atoms in total. The van der Waals surface area contributed by atoms with Gasteiger partial charge in [-0.05, 0) is 0 Å². The Morgan fingerprint density at radius 1 is 1.44 bits per heavy atom. The summed E-state index contributed by atoms with van der Waals surface area (Å²) >= 11 is 18.2. The lowest BCUT2D eigenvalue weighted by Gasteiger charge is -2.06. The number of rotatable bonds is 3. The van der Waals surface area contributed by atoms with Crippen molar-refractivity contribution in [3.8, 4) is 6.07 Å². The Hall–Kier alpha value is -0.670. The van der Waals surface area contributed by atoms with Gasteiger partial charge in [0, 0.05) is 6.07 Å². The summed E-state index contributed by atoms with van der Waals surface area (Å²) in [6.45, 7) is 0. The molecule has 0 spiro atoms. The minimum absolute atomic E-state index is 0.00103. The first-order valence-electron chi connectivity index (χ1n) is 3.80. The molecule has 0 bridgehead atoms. The Morgan fingerprint density at radius 2 is 2.06 bits per heavy atom. The summed E-state index contributed by atoms with van der Waals surface area (Å²) in [7, 11) is 0. The molecule has 0 N–H and O–H groups in total. The molecule has 8 heteroatoms. The van der Waals surface area contributed by atoms with Gasteiger partial charge in [0.1, 0.15) is 4.90 Å². The van der Waals surface area contributed by atoms with E-state index in [9.17, 15) is 10.1 Å². The molecule has 0 saturated carbocycles. The van der Waals surface area contributed by atoms with Crippen molar-refractivity contribution in [2.75, 3.05) is 5.75 Å². The molecule has 0 unspecified atom stereocenters. The first-order valence-corrected chi connectivity index (χ1v) is 5.92. The van der Waals surface area contributed by atoms with E-state index in [1.54, 1.807) is 0 Å². The van der Waals surface area contributed by atoms with Crippen LogP contribution in [0.15, 0.2) is 11.0 Å². The number of halogens is 3. The van der Waals surface area contributed by atoms with Crippen molar-refractivity contribution in [3.63, 3.8) is 0 Å². The van der Waals surface area contributed by atoms with E-state index in [0.717, 1.165) is 17.8 Å². The summed E-state index contributed by atoms with van der Waals surface area (Å²) in [5.74, 6) is 0.0402. The number of nitrogens with zero attached hydrogens (tertiary/aromatic N) is 2. The Labute approximate surface area is 110 Å². The highest BCUT2D eigenvalue weighted by Crippen LogP contribution is 2.43. The molecule has 0 amide bonds. The largest absolute Gasteiger partial charge is 0.286 e. The fourth-order valence-corrected chi connectivity index (χ4v) is 2.48. The Balaban J connectivity index is 3.37. The number of thioether (sulfide) groups is 1. The third-order valence-corrected chi connectivity index (χ3v) is 3.93. The molecule has 1 aromatic carbocycles. The zero-order chi connectivity index (χ0) is 12.3. The number of nitro benzene ring substituents is 1. The number of benzene rings is 1. The molecular formula is C8H3Cl3N2O2S. The highest BCUT2D eigenvalue weighted by Gasteiger charge is 2.22. The second-order valence-corrected chi connectivity index (χ2v) is 4.69. The zero-order valence-electron chi connectivity index (χ0n) is 7.54. The third kappa shape index (κ3) is 2.71. The molecule has 0 heterocycles. The lowest BCUT2D eigenvalue weighted by Crippen LogP contribution is -1.93. The lowest BCUT2D eigenvalue weighted by molar-refractivity contribution is -0.387. The number of nitriles is 1. The Bertz CT molecular complexity index is 487. The third-order valence-electron chi connectivity index (χ3n) is 1.58. The minimum atomic E-state index is -0.617. The van der Waals surface area contributed by atoms with E-state index < -0.39 is 4.92 Å². The van der Waals surface area contributed by atoms with Crippen molar-refractivity contribution >= 4 is 52.3 Å². The van der Waals surface area contributed by atoms with Crippen LogP contribution < -0.4 is 0 Å². The second-order valence-electron chi connectivity index (χ2n) is 2.54. The van der Waals surface area contributed by atoms with Crippen molar-refractivity contribution in [2.24, 2.45) is 0 Å². The van der Waals surface area contributed by atoms with Gasteiger partial charge >= 0.3 is 0 Å². The standard InChI is InChI=1S/C8H3Cl3N2O2S/c9-4-3-5(13(14)15)8(16-2-1-12)7(11)6(4)10/h3H,2H2. The van der Waals surface area contributed by atoms with Gasteiger partial charge in [0.25, 0.3) is 5.69 Å². The van der Waals surface area contributed by atoms with Gasteiger partial charge < -0.3 is 0 Å². The fraction of sp³-hybridized carbons (Fsp3) is 0.125. The maximum atomic E-state index is 10.7. The molecule has 0 fully saturated rings. The number of nitro groups is 1. The first kappa shape index (κ1) is 13.4. The van der Waals surface area contributed by atoms with Gasteiger partial charge in [0.15, 0.2) is 0 Å². The molecule has 0 saturated heterocycles. The monoisotopic (exact) mass is 296 g/mol. The molecule has 0 atom stereocenters. The van der Waals surface area contributed by atoms with Crippen LogP contribution >= 0.6 is 46.6 Å². The fourth-order valence-electron chi connectivity index (χ4n) is 0.943. The van der Waals surface area contributed by atoms with Gasteiger partial charge in [-0.15, -0.1) is 11.8 Å². The number of hydrogen-bond acceptors (Lipinski definition) is 4. The van der Waals surface area contributed by atoms with E-state index in [1.807, 2.05) is 6.07 Å². The average Bonchev–Trinajstić information content (AvgIpc) is 2.24. The van der Waals surface area contributed by atoms with Gasteiger partial charge in [-0.1, -0.05) is 34.8 Å². The summed E-state index contributed by atoms with van der Waals surface area (Å²) < 4.78 is 0. The smallest absolute Gasteiger partial charge is 0.258 e. The molecule has 0 aromatic heterocycles. The number of hydrogen-bond donors (Lipinski definition) is 0. The minimum Gasteiger partial charge on any atom is -0.258 e. The summed E-state index contributed by atoms with van der Waals surface area (Å²) in [5, 5.41) is 19.2. The van der Waals surface area contributed by atoms with Crippen molar-refractivity contribution in [1.82, 2.24) is 0 Å². The molecule has 16 heavy (non-hydrogen) atoms. The van der Waals surface area contributed by atoms with Crippen molar-refractivity contribution in [1.29, 1.82) is 5.26 Å². The van der Waals surface area contributed by atoms with Crippen LogP contribution in [0.1, 0.15) is 0 Å². The van der Waals surface area contributed by atoms with E-state index in [4.69, 9.17) is 40.1 Å². The van der Waals surface area contributed by atoms with Crippen LogP contribution in [0, 0.1) is 21.4 Å². The molecule has 0 aliphatic heterocycles. The van der Waals surface area contributed by atoms with Crippen LogP contribution in [0.4, 0.5) is 5.69 Å². The summed E-state index contributed by atoms with van der Waals surface area (Å²) in [5.41, 5.74) is -0.250. The average molecular weight is 298 g/mol. The molecule has 0 radical (unpaired) electrons. The van der Waals surface area contributed by atoms with Crippen molar-refractivity contribution in [3.05, 3.63) is 31.2 Å². The maximum Gasteiger partial charge on any atom is 0.286 e. The summed E-state index contributed by atoms with van der Waals surface area (Å²) in [6.07, 6.45) is 0. The van der Waals surface area contributed by atoms with Crippen LogP contribution in [-0.4, -0.2) is 10.7 Å². The van der Waals surface area contributed by atoms with Crippen LogP contribution in [0.5, 0.6) is 0 Å². The van der Waals surface area contributed by atoms with E-state index in [-0.39, 0.29) is 31.4 Å². The quantitative estimate of drug-likeness (QED) is 0.363. The second kappa shape index (κ2) is 5.60. The van der Waals surface area contributed by atoms with Gasteiger partial charge in [0.05, 0.1) is 31.8 Å². The predicted octanol–water partition coefficient (Wildman–Crippen LogP) is 4.17. The van der Waals surface area contributed by atoms with Crippen LogP contribution in [0.3, 0.4) is 0 Å². The first-order chi connectivity index (χ1) is 7.49. The summed E-state index contributed by atoms with van der Waals surface area (Å²) in [4.78, 5) is 10.3. The van der Waals surface area contributed by atoms with Crippen molar-refractivity contribution < 1.29 is 4.92 Å². The highest BCUT2D eigenvalue weighted by molar-refractivity contribution is 7.99. The highest BCUT2D eigenvalue weighted by atomic mass is 35.5. The maximum absolute atomic E-state index is 10.7. The van der Waals surface area contributed by atoms with Gasteiger partial charge in [0.2, 0.25) is 0 Å². The van der Waals surface area contributed by atoms with Crippen LogP contribution in [0.25, 0.3) is 0 Å². The van der Waals surface area contributed by atoms with E-state index in [2.05, 4.69) is 0 Å². The summed E-state index contributed by atoms with van der Waals surface area (Å²) in [6, 6.07) is 2.97. The Morgan fingerprint density at radius 3 is 2.56 bits per heavy atom. The lowest BCUT2D eigenvalue weighted by atomic mass is 10.3. The van der Waals surface area contributed by atoms with Crippen molar-refractivity contribution in [2.45, 2.75) is 4.90 Å². The molecule has 84 valence electrons. The molecule has 0 aliphatic carbocycles. The van der Waals surface area contributed by atoms with Gasteiger partial charge in [-0.25, -0.2) is 0 Å². The SMILES string of the molecule is N#CCSc1c([N+](=O)[O-])cc(Cl)c(Cl)c1Cl. The van der Waals surface area contributed by atoms with Crippen LogP contribution in [-0.2, 0) is 0 Å². The van der Waals surface area contributed by atoms with Gasteiger partial charge in [-0.3, -0.25) is 10.1 Å². The predicted molar refractivity (Wildman–Crippen MR) is 64.5 cm³/mol. The topological polar surface area (TPSA) is 66.9 Å². The Kier molecular flexibility index (Phi) is 4.69. The van der Waals surface area contributed by atoms with E-state index in [0.29, 0.717) is 0 Å². The van der Waals surface area contributed by atoms with E-state index in [1.165, 1.54) is 0 Å². The molecule has 1 aromatic rings. The van der Waals surface area contributed by atoms with Gasteiger partial charge in [-0.2, -0.15) is 5.26 Å². The zero-order valence-corrected chi connectivity index (χ0v) is 10.6. The molecular weight excluding hydrogens is 295 g/mol. The van der Waals surface area contributed by atoms with E-state index >= 15 is 0 Å². The molecule has 0 aliphatic rings. The normalized spacial score (nSPS) is 9.88.